The molecule has 0 N–H and O–H groups in total. The lowest BCUT2D eigenvalue weighted by Crippen LogP contribution is -2.22. The van der Waals surface area contributed by atoms with Crippen LogP contribution >= 0.6 is 0 Å². The molecule has 0 aliphatic heterocycles. The third-order valence-electron chi connectivity index (χ3n) is 1.95. The molecule has 0 bridgehead atoms. The van der Waals surface area contributed by atoms with Crippen molar-refractivity contribution in [2.24, 2.45) is 0 Å². The molecule has 0 unspecified atom stereocenters. The summed E-state index contributed by atoms with van der Waals surface area (Å²) in [5.41, 5.74) is -0.520. The van der Waals surface area contributed by atoms with Crippen molar-refractivity contribution in [1.29, 1.82) is 0 Å². The SMILES string of the molecule is CC(C)(C)OOOC(=O)OC1CCCC1. The second-order valence-electron chi connectivity index (χ2n) is 4.62. The van der Waals surface area contributed by atoms with E-state index in [1.807, 2.05) is 0 Å². The van der Waals surface area contributed by atoms with Gasteiger partial charge in [0, 0.05) is 0 Å². The Morgan fingerprint density at radius 2 is 1.80 bits per heavy atom. The van der Waals surface area contributed by atoms with Crippen molar-refractivity contribution in [2.75, 3.05) is 0 Å². The van der Waals surface area contributed by atoms with Crippen LogP contribution in [0, 0.1) is 0 Å². The fourth-order valence-electron chi connectivity index (χ4n) is 1.31. The zero-order valence-corrected chi connectivity index (χ0v) is 9.45. The third-order valence-corrected chi connectivity index (χ3v) is 1.95. The van der Waals surface area contributed by atoms with Crippen molar-refractivity contribution in [2.45, 2.75) is 58.2 Å². The second-order valence-corrected chi connectivity index (χ2v) is 4.62. The van der Waals surface area contributed by atoms with E-state index in [9.17, 15) is 4.79 Å². The highest BCUT2D eigenvalue weighted by Crippen LogP contribution is 2.21. The first-order valence-corrected chi connectivity index (χ1v) is 5.20. The fraction of sp³-hybridized carbons (Fsp3) is 0.900. The summed E-state index contributed by atoms with van der Waals surface area (Å²) in [6.07, 6.45) is 3.11. The van der Waals surface area contributed by atoms with E-state index < -0.39 is 11.8 Å². The molecule has 15 heavy (non-hydrogen) atoms. The molecular formula is C10H18O5. The highest BCUT2D eigenvalue weighted by Gasteiger charge is 2.21. The number of hydrogen-bond donors (Lipinski definition) is 0. The summed E-state index contributed by atoms with van der Waals surface area (Å²) in [4.78, 5) is 20.1. The van der Waals surface area contributed by atoms with Crippen LogP contribution in [0.5, 0.6) is 0 Å². The van der Waals surface area contributed by atoms with Crippen molar-refractivity contribution in [1.82, 2.24) is 0 Å². The summed E-state index contributed by atoms with van der Waals surface area (Å²) in [6, 6.07) is 0. The lowest BCUT2D eigenvalue weighted by atomic mass is 10.2. The average Bonchev–Trinajstić information content (AvgIpc) is 2.54. The van der Waals surface area contributed by atoms with Gasteiger partial charge in [-0.25, -0.2) is 9.68 Å². The second kappa shape index (κ2) is 5.32. The Balaban J connectivity index is 2.08. The standard InChI is InChI=1S/C10H18O5/c1-10(2,3)14-15-13-9(11)12-8-6-4-5-7-8/h8H,4-7H2,1-3H3. The van der Waals surface area contributed by atoms with E-state index >= 15 is 0 Å². The molecule has 0 aromatic rings. The van der Waals surface area contributed by atoms with Crippen LogP contribution in [0.3, 0.4) is 0 Å². The van der Waals surface area contributed by atoms with Crippen molar-refractivity contribution < 1.29 is 24.3 Å². The van der Waals surface area contributed by atoms with Crippen molar-refractivity contribution in [3.05, 3.63) is 0 Å². The van der Waals surface area contributed by atoms with E-state index in [-0.39, 0.29) is 6.10 Å². The minimum absolute atomic E-state index is 0.0317. The normalized spacial score (nSPS) is 17.8. The van der Waals surface area contributed by atoms with Crippen molar-refractivity contribution >= 4 is 6.16 Å². The zero-order valence-electron chi connectivity index (χ0n) is 9.45. The monoisotopic (exact) mass is 218 g/mol. The van der Waals surface area contributed by atoms with Gasteiger partial charge < -0.3 is 4.74 Å². The largest absolute Gasteiger partial charge is 0.542 e. The zero-order chi connectivity index (χ0) is 11.3. The summed E-state index contributed by atoms with van der Waals surface area (Å²) < 4.78 is 4.96. The molecule has 0 spiro atoms. The van der Waals surface area contributed by atoms with E-state index in [2.05, 4.69) is 9.93 Å². The Kier molecular flexibility index (Phi) is 4.35. The summed E-state index contributed by atoms with van der Waals surface area (Å²) in [7, 11) is 0. The van der Waals surface area contributed by atoms with Gasteiger partial charge in [0.15, 0.2) is 0 Å². The van der Waals surface area contributed by atoms with Gasteiger partial charge in [0.05, 0.1) is 5.60 Å². The molecular weight excluding hydrogens is 200 g/mol. The summed E-state index contributed by atoms with van der Waals surface area (Å²) in [6.45, 7) is 5.33. The van der Waals surface area contributed by atoms with Gasteiger partial charge in [0.2, 0.25) is 0 Å². The van der Waals surface area contributed by atoms with Gasteiger partial charge in [-0.2, -0.15) is 4.89 Å². The number of carbonyl (C=O) groups is 1. The van der Waals surface area contributed by atoms with Crippen LogP contribution in [-0.4, -0.2) is 17.9 Å². The van der Waals surface area contributed by atoms with Crippen molar-refractivity contribution in [3.63, 3.8) is 0 Å². The molecule has 5 heteroatoms. The van der Waals surface area contributed by atoms with Crippen LogP contribution in [0.1, 0.15) is 46.5 Å². The minimum atomic E-state index is -0.842. The smallest absolute Gasteiger partial charge is 0.429 e. The van der Waals surface area contributed by atoms with Crippen LogP contribution in [0.2, 0.25) is 0 Å². The lowest BCUT2D eigenvalue weighted by molar-refractivity contribution is -0.515. The molecule has 0 heterocycles. The van der Waals surface area contributed by atoms with Gasteiger partial charge in [0.1, 0.15) is 6.10 Å². The maximum Gasteiger partial charge on any atom is 0.542 e. The number of ether oxygens (including phenoxy) is 1. The molecule has 1 rings (SSSR count). The Morgan fingerprint density at radius 3 is 2.33 bits per heavy atom. The molecule has 1 saturated carbocycles. The molecule has 1 aliphatic carbocycles. The van der Waals surface area contributed by atoms with Gasteiger partial charge in [-0.1, -0.05) is 0 Å². The predicted molar refractivity (Wildman–Crippen MR) is 51.7 cm³/mol. The Hall–Kier alpha value is -0.810. The highest BCUT2D eigenvalue weighted by atomic mass is 17.5. The fourth-order valence-corrected chi connectivity index (χ4v) is 1.31. The first-order chi connectivity index (χ1) is 6.97. The topological polar surface area (TPSA) is 54.0 Å². The average molecular weight is 218 g/mol. The quantitative estimate of drug-likeness (QED) is 0.414. The maximum absolute atomic E-state index is 11.0. The molecule has 0 aromatic carbocycles. The maximum atomic E-state index is 11.0. The van der Waals surface area contributed by atoms with Gasteiger partial charge in [0.25, 0.3) is 0 Å². The van der Waals surface area contributed by atoms with Gasteiger partial charge >= 0.3 is 6.16 Å². The van der Waals surface area contributed by atoms with E-state index in [0.29, 0.717) is 0 Å². The van der Waals surface area contributed by atoms with E-state index in [4.69, 9.17) is 9.62 Å². The molecule has 0 saturated heterocycles. The van der Waals surface area contributed by atoms with E-state index in [1.165, 1.54) is 0 Å². The van der Waals surface area contributed by atoms with E-state index in [0.717, 1.165) is 25.7 Å². The molecule has 0 atom stereocenters. The van der Waals surface area contributed by atoms with Crippen molar-refractivity contribution in [3.8, 4) is 0 Å². The van der Waals surface area contributed by atoms with Gasteiger partial charge in [-0.05, 0) is 51.5 Å². The van der Waals surface area contributed by atoms with Crippen LogP contribution < -0.4 is 0 Å². The number of hydrogen-bond acceptors (Lipinski definition) is 5. The summed E-state index contributed by atoms with van der Waals surface area (Å²) >= 11 is 0. The van der Waals surface area contributed by atoms with Crippen LogP contribution in [-0.2, 0) is 19.6 Å². The lowest BCUT2D eigenvalue weighted by Gasteiger charge is -2.16. The summed E-state index contributed by atoms with van der Waals surface area (Å²) in [5, 5.41) is 4.30. The number of carbonyl (C=O) groups excluding carboxylic acids is 1. The summed E-state index contributed by atoms with van der Waals surface area (Å²) in [5.74, 6) is 0. The predicted octanol–water partition coefficient (Wildman–Crippen LogP) is 2.74. The van der Waals surface area contributed by atoms with Gasteiger partial charge in [-0.15, -0.1) is 0 Å². The number of rotatable bonds is 3. The first-order valence-electron chi connectivity index (χ1n) is 5.20. The molecule has 1 fully saturated rings. The third kappa shape index (κ3) is 5.59. The molecule has 88 valence electrons. The van der Waals surface area contributed by atoms with Crippen LogP contribution in [0.4, 0.5) is 4.79 Å². The molecule has 1 aliphatic rings. The van der Waals surface area contributed by atoms with Gasteiger partial charge in [-0.3, -0.25) is 0 Å². The van der Waals surface area contributed by atoms with Crippen LogP contribution in [0.25, 0.3) is 0 Å². The Labute approximate surface area is 89.5 Å². The first kappa shape index (κ1) is 12.3. The highest BCUT2D eigenvalue weighted by molar-refractivity contribution is 5.59. The molecule has 0 aromatic heterocycles. The molecule has 0 amide bonds. The van der Waals surface area contributed by atoms with E-state index in [1.54, 1.807) is 20.8 Å². The molecule has 0 radical (unpaired) electrons. The Bertz CT molecular complexity index is 202. The minimum Gasteiger partial charge on any atom is -0.429 e. The Morgan fingerprint density at radius 1 is 1.20 bits per heavy atom. The molecule has 5 nitrogen and oxygen atoms in total. The van der Waals surface area contributed by atoms with Crippen LogP contribution in [0.15, 0.2) is 0 Å².